The van der Waals surface area contributed by atoms with Crippen molar-refractivity contribution in [3.63, 3.8) is 0 Å². The fraction of sp³-hybridized carbons (Fsp3) is 0.500. The van der Waals surface area contributed by atoms with Crippen LogP contribution in [-0.2, 0) is 24.3 Å². The van der Waals surface area contributed by atoms with E-state index in [1.807, 2.05) is 9.58 Å². The van der Waals surface area contributed by atoms with Gasteiger partial charge in [0.2, 0.25) is 5.91 Å². The predicted molar refractivity (Wildman–Crippen MR) is 73.8 cm³/mol. The molecule has 2 aliphatic heterocycles. The molecule has 1 aromatic rings. The minimum Gasteiger partial charge on any atom is -0.338 e. The summed E-state index contributed by atoms with van der Waals surface area (Å²) in [6.45, 7) is 7.61. The molecule has 0 atom stereocenters. The van der Waals surface area contributed by atoms with Gasteiger partial charge in [0, 0.05) is 38.5 Å². The van der Waals surface area contributed by atoms with Crippen molar-refractivity contribution in [2.45, 2.75) is 39.3 Å². The van der Waals surface area contributed by atoms with Gasteiger partial charge in [-0.05, 0) is 19.6 Å². The van der Waals surface area contributed by atoms with Gasteiger partial charge >= 0.3 is 0 Å². The Morgan fingerprint density at radius 2 is 2.32 bits per heavy atom. The molecule has 0 N–H and O–H groups in total. The molecule has 0 aliphatic carbocycles. The zero-order chi connectivity index (χ0) is 13.4. The molecule has 0 saturated carbocycles. The van der Waals surface area contributed by atoms with Gasteiger partial charge in [0.25, 0.3) is 0 Å². The lowest BCUT2D eigenvalue weighted by molar-refractivity contribution is -0.129. The topological polar surface area (TPSA) is 50.5 Å². The third kappa shape index (κ3) is 1.99. The molecule has 0 fully saturated rings. The van der Waals surface area contributed by atoms with Crippen LogP contribution in [0.4, 0.5) is 0 Å². The van der Waals surface area contributed by atoms with Crippen molar-refractivity contribution < 1.29 is 4.79 Å². The lowest BCUT2D eigenvalue weighted by Crippen LogP contribution is -2.34. The zero-order valence-corrected chi connectivity index (χ0v) is 11.2. The van der Waals surface area contributed by atoms with E-state index in [4.69, 9.17) is 5.10 Å². The summed E-state index contributed by atoms with van der Waals surface area (Å²) in [4.78, 5) is 17.6. The van der Waals surface area contributed by atoms with Crippen molar-refractivity contribution in [3.8, 4) is 0 Å². The maximum atomic E-state index is 11.6. The van der Waals surface area contributed by atoms with E-state index in [9.17, 15) is 4.79 Å². The number of allylic oxidation sites excluding steroid dienone is 1. The summed E-state index contributed by atoms with van der Waals surface area (Å²) in [5.74, 6) is 0.122. The third-order valence-electron chi connectivity index (χ3n) is 3.87. The second-order valence-corrected chi connectivity index (χ2v) is 5.08. The van der Waals surface area contributed by atoms with E-state index in [1.165, 1.54) is 0 Å². The first-order valence-electron chi connectivity index (χ1n) is 6.72. The maximum absolute atomic E-state index is 11.6. The van der Waals surface area contributed by atoms with Crippen LogP contribution in [0.25, 0.3) is 5.70 Å². The van der Waals surface area contributed by atoms with Crippen molar-refractivity contribution in [2.24, 2.45) is 4.99 Å². The smallest absolute Gasteiger partial charge is 0.219 e. The molecular formula is C14H18N4O. The van der Waals surface area contributed by atoms with Gasteiger partial charge < -0.3 is 4.90 Å². The largest absolute Gasteiger partial charge is 0.338 e. The average Bonchev–Trinajstić information content (AvgIpc) is 2.64. The van der Waals surface area contributed by atoms with E-state index in [-0.39, 0.29) is 5.91 Å². The number of nitrogens with zero attached hydrogens (tertiary/aromatic N) is 4. The molecule has 100 valence electrons. The molecule has 3 rings (SSSR count). The van der Waals surface area contributed by atoms with Crippen molar-refractivity contribution >= 4 is 18.3 Å². The maximum Gasteiger partial charge on any atom is 0.219 e. The lowest BCUT2D eigenvalue weighted by Gasteiger charge is -2.25. The van der Waals surface area contributed by atoms with Crippen LogP contribution in [-0.4, -0.2) is 33.8 Å². The number of aryl methyl sites for hydroxylation is 1. The van der Waals surface area contributed by atoms with E-state index in [0.717, 1.165) is 55.0 Å². The van der Waals surface area contributed by atoms with E-state index in [2.05, 4.69) is 17.8 Å². The van der Waals surface area contributed by atoms with E-state index < -0.39 is 0 Å². The van der Waals surface area contributed by atoms with Gasteiger partial charge in [0.15, 0.2) is 0 Å². The predicted octanol–water partition coefficient (Wildman–Crippen LogP) is 1.62. The van der Waals surface area contributed by atoms with Gasteiger partial charge in [-0.1, -0.05) is 6.08 Å². The number of aromatic nitrogens is 2. The summed E-state index contributed by atoms with van der Waals surface area (Å²) >= 11 is 0. The Balaban J connectivity index is 2.08. The molecular weight excluding hydrogens is 240 g/mol. The quantitative estimate of drug-likeness (QED) is 0.719. The molecule has 2 aliphatic rings. The summed E-state index contributed by atoms with van der Waals surface area (Å²) in [6, 6.07) is 0. The van der Waals surface area contributed by atoms with Gasteiger partial charge in [0.1, 0.15) is 0 Å². The minimum absolute atomic E-state index is 0.122. The second kappa shape index (κ2) is 4.64. The Hall–Kier alpha value is -1.91. The molecule has 0 spiro atoms. The number of amides is 1. The van der Waals surface area contributed by atoms with Crippen LogP contribution in [0.1, 0.15) is 36.7 Å². The molecule has 3 heterocycles. The Morgan fingerprint density at radius 3 is 3.05 bits per heavy atom. The van der Waals surface area contributed by atoms with Crippen LogP contribution in [0, 0.1) is 0 Å². The summed E-state index contributed by atoms with van der Waals surface area (Å²) < 4.78 is 2.04. The second-order valence-electron chi connectivity index (χ2n) is 5.08. The fourth-order valence-electron chi connectivity index (χ4n) is 2.86. The monoisotopic (exact) mass is 258 g/mol. The highest BCUT2D eigenvalue weighted by Gasteiger charge is 2.27. The Morgan fingerprint density at radius 1 is 1.47 bits per heavy atom. The van der Waals surface area contributed by atoms with E-state index in [1.54, 1.807) is 6.92 Å². The molecule has 0 saturated heterocycles. The van der Waals surface area contributed by atoms with Gasteiger partial charge in [-0.3, -0.25) is 14.5 Å². The van der Waals surface area contributed by atoms with Crippen molar-refractivity contribution in [3.05, 3.63) is 23.0 Å². The Labute approximate surface area is 112 Å². The first-order valence-corrected chi connectivity index (χ1v) is 6.72. The molecule has 1 amide bonds. The van der Waals surface area contributed by atoms with Crippen molar-refractivity contribution in [2.75, 3.05) is 6.54 Å². The van der Waals surface area contributed by atoms with E-state index in [0.29, 0.717) is 6.54 Å². The van der Waals surface area contributed by atoms with Gasteiger partial charge in [0.05, 0.1) is 17.1 Å². The molecule has 5 heteroatoms. The van der Waals surface area contributed by atoms with Crippen LogP contribution in [0.3, 0.4) is 0 Å². The van der Waals surface area contributed by atoms with Gasteiger partial charge in [-0.25, -0.2) is 0 Å². The van der Waals surface area contributed by atoms with Crippen molar-refractivity contribution in [1.29, 1.82) is 0 Å². The molecule has 1 aromatic heterocycles. The van der Waals surface area contributed by atoms with Crippen LogP contribution < -0.4 is 0 Å². The molecule has 0 unspecified atom stereocenters. The van der Waals surface area contributed by atoms with Crippen LogP contribution in [0.2, 0.25) is 0 Å². The Kier molecular flexibility index (Phi) is 2.97. The number of carbonyl (C=O) groups excluding carboxylic acids is 1. The number of hydrogen-bond donors (Lipinski definition) is 0. The first kappa shape index (κ1) is 12.1. The molecule has 5 nitrogen and oxygen atoms in total. The number of rotatable bonds is 1. The standard InChI is InChI=1S/C14H18N4O/c1-10(19)17-8-6-12-11(9-17)14-13(15-2)5-3-4-7-18(14)16-12/h5H,2-4,6-9H2,1H3. The molecule has 0 bridgehead atoms. The summed E-state index contributed by atoms with van der Waals surface area (Å²) in [5.41, 5.74) is 4.25. The Bertz CT molecular complexity index is 570. The average molecular weight is 258 g/mol. The van der Waals surface area contributed by atoms with Crippen molar-refractivity contribution in [1.82, 2.24) is 14.7 Å². The van der Waals surface area contributed by atoms with Crippen LogP contribution >= 0.6 is 0 Å². The van der Waals surface area contributed by atoms with Gasteiger partial charge in [-0.15, -0.1) is 0 Å². The fourth-order valence-corrected chi connectivity index (χ4v) is 2.86. The number of hydrogen-bond acceptors (Lipinski definition) is 3. The molecule has 19 heavy (non-hydrogen) atoms. The SMILES string of the molecule is C=NC1=CCCCn2nc3c(c21)CN(C(C)=O)CC3. The third-order valence-corrected chi connectivity index (χ3v) is 3.87. The van der Waals surface area contributed by atoms with Crippen LogP contribution in [0.15, 0.2) is 11.1 Å². The zero-order valence-electron chi connectivity index (χ0n) is 11.2. The number of carbonyl (C=O) groups is 1. The number of fused-ring (bicyclic) bond motifs is 3. The highest BCUT2D eigenvalue weighted by molar-refractivity contribution is 5.75. The van der Waals surface area contributed by atoms with Gasteiger partial charge in [-0.2, -0.15) is 5.10 Å². The highest BCUT2D eigenvalue weighted by Crippen LogP contribution is 2.30. The van der Waals surface area contributed by atoms with E-state index >= 15 is 0 Å². The summed E-state index contributed by atoms with van der Waals surface area (Å²) in [7, 11) is 0. The molecule has 0 aromatic carbocycles. The molecule has 0 radical (unpaired) electrons. The van der Waals surface area contributed by atoms with Crippen LogP contribution in [0.5, 0.6) is 0 Å². The normalized spacial score (nSPS) is 18.2. The first-order chi connectivity index (χ1) is 9.20. The lowest BCUT2D eigenvalue weighted by atomic mass is 10.0. The highest BCUT2D eigenvalue weighted by atomic mass is 16.2. The summed E-state index contributed by atoms with van der Waals surface area (Å²) in [5, 5.41) is 4.69. The number of aliphatic imine (C=N–C) groups is 1. The summed E-state index contributed by atoms with van der Waals surface area (Å²) in [6.07, 6.45) is 5.03. The minimum atomic E-state index is 0.122.